The Bertz CT molecular complexity index is 954. The minimum atomic E-state index is -0.481. The molecule has 0 aromatic heterocycles. The quantitative estimate of drug-likeness (QED) is 0.818. The first-order valence-electron chi connectivity index (χ1n) is 9.58. The van der Waals surface area contributed by atoms with Crippen molar-refractivity contribution in [3.8, 4) is 11.5 Å². The summed E-state index contributed by atoms with van der Waals surface area (Å²) in [5, 5.41) is 2.79. The number of nitrogens with zero attached hydrogens (tertiary/aromatic N) is 1. The molecule has 2 heterocycles. The number of hydrogen-bond acceptors (Lipinski definition) is 5. The van der Waals surface area contributed by atoms with Crippen molar-refractivity contribution < 1.29 is 19.1 Å². The molecule has 0 radical (unpaired) electrons. The second-order valence-electron chi connectivity index (χ2n) is 8.08. The number of anilines is 2. The Hall–Kier alpha value is -2.67. The number of carbonyl (C=O) groups is 2. The zero-order valence-corrected chi connectivity index (χ0v) is 17.5. The lowest BCUT2D eigenvalue weighted by molar-refractivity contribution is -0.123. The standard InChI is InChI=1S/C22H24N2O4S/c1-22(2,3)21(26)23-15-6-4-5-14(11-15)20-24(19(25)13-29-20)16-7-8-17-18(12-16)28-10-9-27-17/h4-8,11-12,20H,9-10,13H2,1-3H3,(H,23,26)/t20-/m0/s1. The highest BCUT2D eigenvalue weighted by atomic mass is 32.2. The Morgan fingerprint density at radius 2 is 1.86 bits per heavy atom. The van der Waals surface area contributed by atoms with Crippen LogP contribution in [0.4, 0.5) is 11.4 Å². The maximum atomic E-state index is 12.7. The molecule has 0 spiro atoms. The number of benzene rings is 2. The van der Waals surface area contributed by atoms with Crippen LogP contribution in [0.2, 0.25) is 0 Å². The first-order chi connectivity index (χ1) is 13.8. The summed E-state index contributed by atoms with van der Waals surface area (Å²) < 4.78 is 11.3. The van der Waals surface area contributed by atoms with E-state index in [0.717, 1.165) is 16.9 Å². The van der Waals surface area contributed by atoms with Gasteiger partial charge in [-0.1, -0.05) is 32.9 Å². The average Bonchev–Trinajstić information content (AvgIpc) is 3.08. The summed E-state index contributed by atoms with van der Waals surface area (Å²) in [6.45, 7) is 6.66. The number of carbonyl (C=O) groups excluding carboxylic acids is 2. The van der Waals surface area contributed by atoms with Crippen molar-refractivity contribution in [1.29, 1.82) is 0 Å². The van der Waals surface area contributed by atoms with E-state index >= 15 is 0 Å². The number of fused-ring (bicyclic) bond motifs is 1. The van der Waals surface area contributed by atoms with Gasteiger partial charge in [0, 0.05) is 22.9 Å². The highest BCUT2D eigenvalue weighted by Gasteiger charge is 2.35. The normalized spacial score (nSPS) is 18.7. The van der Waals surface area contributed by atoms with Crippen molar-refractivity contribution in [2.45, 2.75) is 26.1 Å². The van der Waals surface area contributed by atoms with Crippen LogP contribution in [0.15, 0.2) is 42.5 Å². The fraction of sp³-hybridized carbons (Fsp3) is 0.364. The third-order valence-corrected chi connectivity index (χ3v) is 5.99. The molecule has 2 aliphatic rings. The second-order valence-corrected chi connectivity index (χ2v) is 9.15. The van der Waals surface area contributed by atoms with Crippen molar-refractivity contribution in [2.24, 2.45) is 5.41 Å². The van der Waals surface area contributed by atoms with Crippen molar-refractivity contribution in [3.05, 3.63) is 48.0 Å². The molecule has 6 nitrogen and oxygen atoms in total. The molecule has 0 bridgehead atoms. The van der Waals surface area contributed by atoms with Crippen LogP contribution in [0.3, 0.4) is 0 Å². The van der Waals surface area contributed by atoms with Crippen LogP contribution < -0.4 is 19.7 Å². The molecule has 2 aliphatic heterocycles. The Morgan fingerprint density at radius 3 is 2.62 bits per heavy atom. The van der Waals surface area contributed by atoms with E-state index in [1.54, 1.807) is 16.7 Å². The van der Waals surface area contributed by atoms with Crippen LogP contribution in [0.25, 0.3) is 0 Å². The molecule has 4 rings (SSSR count). The molecule has 1 N–H and O–H groups in total. The first kappa shape index (κ1) is 19.6. The predicted octanol–water partition coefficient (Wildman–Crippen LogP) is 4.22. The molecular formula is C22H24N2O4S. The zero-order valence-electron chi connectivity index (χ0n) is 16.7. The number of thioether (sulfide) groups is 1. The van der Waals surface area contributed by atoms with Gasteiger partial charge >= 0.3 is 0 Å². The van der Waals surface area contributed by atoms with Gasteiger partial charge in [-0.3, -0.25) is 14.5 Å². The van der Waals surface area contributed by atoms with E-state index in [1.165, 1.54) is 0 Å². The molecule has 152 valence electrons. The lowest BCUT2D eigenvalue weighted by Gasteiger charge is -2.27. The largest absolute Gasteiger partial charge is 0.486 e. The number of nitrogens with one attached hydrogen (secondary N) is 1. The molecule has 0 aliphatic carbocycles. The molecule has 0 unspecified atom stereocenters. The van der Waals surface area contributed by atoms with Crippen LogP contribution in [0.1, 0.15) is 31.7 Å². The van der Waals surface area contributed by atoms with Crippen molar-refractivity contribution >= 4 is 35.0 Å². The summed E-state index contributed by atoms with van der Waals surface area (Å²) in [5.41, 5.74) is 1.98. The molecule has 7 heteroatoms. The fourth-order valence-corrected chi connectivity index (χ4v) is 4.39. The zero-order chi connectivity index (χ0) is 20.6. The van der Waals surface area contributed by atoms with E-state index in [-0.39, 0.29) is 17.2 Å². The second kappa shape index (κ2) is 7.63. The highest BCUT2D eigenvalue weighted by Crippen LogP contribution is 2.44. The molecule has 1 atom stereocenters. The molecule has 2 aromatic rings. The van der Waals surface area contributed by atoms with Gasteiger partial charge in [0.25, 0.3) is 0 Å². The lowest BCUT2D eigenvalue weighted by atomic mass is 9.95. The smallest absolute Gasteiger partial charge is 0.238 e. The minimum Gasteiger partial charge on any atom is -0.486 e. The monoisotopic (exact) mass is 412 g/mol. The summed E-state index contributed by atoms with van der Waals surface area (Å²) in [5.74, 6) is 1.75. The first-order valence-corrected chi connectivity index (χ1v) is 10.6. The van der Waals surface area contributed by atoms with Gasteiger partial charge in [0.05, 0.1) is 5.75 Å². The lowest BCUT2D eigenvalue weighted by Crippen LogP contribution is -2.29. The van der Waals surface area contributed by atoms with Gasteiger partial charge in [-0.15, -0.1) is 11.8 Å². The minimum absolute atomic E-state index is 0.0424. The van der Waals surface area contributed by atoms with Crippen molar-refractivity contribution in [2.75, 3.05) is 29.2 Å². The van der Waals surface area contributed by atoms with Crippen LogP contribution in [-0.2, 0) is 9.59 Å². The molecule has 2 amide bonds. The molecule has 1 saturated heterocycles. The van der Waals surface area contributed by atoms with E-state index in [2.05, 4.69) is 5.32 Å². The van der Waals surface area contributed by atoms with Gasteiger partial charge < -0.3 is 14.8 Å². The predicted molar refractivity (Wildman–Crippen MR) is 115 cm³/mol. The number of rotatable bonds is 3. The molecule has 29 heavy (non-hydrogen) atoms. The van der Waals surface area contributed by atoms with Crippen molar-refractivity contribution in [1.82, 2.24) is 0 Å². The summed E-state index contributed by atoms with van der Waals surface area (Å²) >= 11 is 1.57. The Morgan fingerprint density at radius 1 is 1.10 bits per heavy atom. The molecular weight excluding hydrogens is 388 g/mol. The average molecular weight is 413 g/mol. The number of hydrogen-bond donors (Lipinski definition) is 1. The molecule has 2 aromatic carbocycles. The van der Waals surface area contributed by atoms with E-state index in [9.17, 15) is 9.59 Å². The van der Waals surface area contributed by atoms with Gasteiger partial charge in [0.15, 0.2) is 11.5 Å². The van der Waals surface area contributed by atoms with Gasteiger partial charge in [0.1, 0.15) is 18.6 Å². The van der Waals surface area contributed by atoms with Crippen LogP contribution in [0, 0.1) is 5.41 Å². The Balaban J connectivity index is 1.62. The molecule has 0 saturated carbocycles. The number of amides is 2. The van der Waals surface area contributed by atoms with Gasteiger partial charge in [-0.05, 0) is 29.8 Å². The van der Waals surface area contributed by atoms with Crippen LogP contribution in [0.5, 0.6) is 11.5 Å². The summed E-state index contributed by atoms with van der Waals surface area (Å²) in [6.07, 6.45) is 0. The van der Waals surface area contributed by atoms with Gasteiger partial charge in [-0.2, -0.15) is 0 Å². The van der Waals surface area contributed by atoms with Gasteiger partial charge in [-0.25, -0.2) is 0 Å². The highest BCUT2D eigenvalue weighted by molar-refractivity contribution is 8.00. The third-order valence-electron chi connectivity index (χ3n) is 4.78. The SMILES string of the molecule is CC(C)(C)C(=O)Nc1cccc([C@@H]2SCC(=O)N2c2ccc3c(c2)OCCO3)c1. The van der Waals surface area contributed by atoms with E-state index in [1.807, 2.05) is 63.2 Å². The maximum Gasteiger partial charge on any atom is 0.238 e. The Kier molecular flexibility index (Phi) is 5.17. The maximum absolute atomic E-state index is 12.7. The van der Waals surface area contributed by atoms with E-state index in [0.29, 0.717) is 30.5 Å². The van der Waals surface area contributed by atoms with Crippen LogP contribution in [-0.4, -0.2) is 30.8 Å². The Labute approximate surface area is 174 Å². The van der Waals surface area contributed by atoms with Gasteiger partial charge in [0.2, 0.25) is 11.8 Å². The third kappa shape index (κ3) is 4.05. The van der Waals surface area contributed by atoms with E-state index < -0.39 is 5.41 Å². The van der Waals surface area contributed by atoms with Crippen molar-refractivity contribution in [3.63, 3.8) is 0 Å². The summed E-state index contributed by atoms with van der Waals surface area (Å²) in [6, 6.07) is 13.3. The summed E-state index contributed by atoms with van der Waals surface area (Å²) in [4.78, 5) is 26.8. The van der Waals surface area contributed by atoms with Crippen LogP contribution >= 0.6 is 11.8 Å². The number of ether oxygens (including phenoxy) is 2. The molecule has 1 fully saturated rings. The summed E-state index contributed by atoms with van der Waals surface area (Å²) in [7, 11) is 0. The fourth-order valence-electron chi connectivity index (χ4n) is 3.22. The topological polar surface area (TPSA) is 67.9 Å². The van der Waals surface area contributed by atoms with E-state index in [4.69, 9.17) is 9.47 Å².